The Kier molecular flexibility index (Phi) is 4.33. The summed E-state index contributed by atoms with van der Waals surface area (Å²) >= 11 is 6.17. The van der Waals surface area contributed by atoms with E-state index in [0.29, 0.717) is 5.02 Å². The number of hydrogen-bond acceptors (Lipinski definition) is 4. The Labute approximate surface area is 160 Å². The van der Waals surface area contributed by atoms with Crippen LogP contribution in [0.3, 0.4) is 0 Å². The molecule has 2 aromatic carbocycles. The average molecular weight is 379 g/mol. The Bertz CT molecular complexity index is 1150. The van der Waals surface area contributed by atoms with Gasteiger partial charge in [0.05, 0.1) is 16.3 Å². The normalized spacial score (nSPS) is 11.0. The molecule has 0 amide bonds. The van der Waals surface area contributed by atoms with E-state index in [4.69, 9.17) is 16.7 Å². The van der Waals surface area contributed by atoms with Gasteiger partial charge >= 0.3 is 0 Å². The van der Waals surface area contributed by atoms with Crippen molar-refractivity contribution in [3.63, 3.8) is 0 Å². The quantitative estimate of drug-likeness (QED) is 0.362. The van der Waals surface area contributed by atoms with Crippen LogP contribution in [0.1, 0.15) is 12.6 Å². The molecule has 4 rings (SSSR count). The summed E-state index contributed by atoms with van der Waals surface area (Å²) in [7, 11) is 0. The van der Waals surface area contributed by atoms with Crippen LogP contribution < -0.4 is 0 Å². The zero-order valence-electron chi connectivity index (χ0n) is 14.5. The fourth-order valence-corrected chi connectivity index (χ4v) is 3.34. The molecule has 27 heavy (non-hydrogen) atoms. The smallest absolute Gasteiger partial charge is 0.258 e. The number of nitrogens with zero attached hydrogens (tertiary/aromatic N) is 4. The van der Waals surface area contributed by atoms with Gasteiger partial charge in [-0.1, -0.05) is 30.7 Å². The van der Waals surface area contributed by atoms with E-state index in [1.807, 2.05) is 37.3 Å². The number of aromatic nitrogens is 3. The second-order valence-corrected chi connectivity index (χ2v) is 6.49. The van der Waals surface area contributed by atoms with Crippen molar-refractivity contribution in [1.29, 1.82) is 0 Å². The van der Waals surface area contributed by atoms with Gasteiger partial charge in [0.2, 0.25) is 0 Å². The molecule has 0 radical (unpaired) electrons. The lowest BCUT2D eigenvalue weighted by Gasteiger charge is -2.05. The minimum absolute atomic E-state index is 0.0541. The highest BCUT2D eigenvalue weighted by Gasteiger charge is 2.17. The molecule has 0 fully saturated rings. The molecule has 0 spiro atoms. The van der Waals surface area contributed by atoms with Gasteiger partial charge in [0.1, 0.15) is 0 Å². The van der Waals surface area contributed by atoms with Crippen LogP contribution in [-0.4, -0.2) is 19.5 Å². The summed E-state index contributed by atoms with van der Waals surface area (Å²) in [5.74, 6) is 0. The fraction of sp³-hybridized carbons (Fsp3) is 0.100. The van der Waals surface area contributed by atoms with Gasteiger partial charge in [-0.05, 0) is 42.3 Å². The first kappa shape index (κ1) is 17.2. The largest absolute Gasteiger partial charge is 0.269 e. The van der Waals surface area contributed by atoms with Crippen LogP contribution in [-0.2, 0) is 6.42 Å². The number of rotatable bonds is 4. The van der Waals surface area contributed by atoms with Gasteiger partial charge in [-0.3, -0.25) is 10.1 Å². The predicted molar refractivity (Wildman–Crippen MR) is 105 cm³/mol. The number of fused-ring (bicyclic) bond motifs is 1. The zero-order valence-corrected chi connectivity index (χ0v) is 15.2. The van der Waals surface area contributed by atoms with Gasteiger partial charge in [-0.2, -0.15) is 5.10 Å². The van der Waals surface area contributed by atoms with Gasteiger partial charge in [-0.25, -0.2) is 9.50 Å². The molecule has 0 atom stereocenters. The Hall–Kier alpha value is -3.25. The lowest BCUT2D eigenvalue weighted by atomic mass is 10.0. The van der Waals surface area contributed by atoms with Gasteiger partial charge in [0.15, 0.2) is 5.65 Å². The van der Waals surface area contributed by atoms with Crippen LogP contribution in [0.4, 0.5) is 5.69 Å². The Balaban J connectivity index is 1.93. The molecule has 134 valence electrons. The zero-order chi connectivity index (χ0) is 19.0. The maximum atomic E-state index is 10.9. The number of halogens is 1. The molecule has 7 heteroatoms. The minimum Gasteiger partial charge on any atom is -0.258 e. The van der Waals surface area contributed by atoms with Crippen molar-refractivity contribution in [2.75, 3.05) is 0 Å². The third-order valence-corrected chi connectivity index (χ3v) is 4.65. The van der Waals surface area contributed by atoms with Crippen molar-refractivity contribution in [1.82, 2.24) is 14.6 Å². The minimum atomic E-state index is -0.410. The van der Waals surface area contributed by atoms with Gasteiger partial charge in [0.25, 0.3) is 5.69 Å². The van der Waals surface area contributed by atoms with Crippen molar-refractivity contribution in [2.24, 2.45) is 0 Å². The number of aryl methyl sites for hydroxylation is 1. The third-order valence-electron chi connectivity index (χ3n) is 4.41. The standard InChI is InChI=1S/C20H15ClN4O2/c1-2-17-19(14-4-3-5-15(21)12-14)20-22-11-10-18(24(20)23-17)13-6-8-16(9-7-13)25(26)27/h3-12H,2H2,1H3. The summed E-state index contributed by atoms with van der Waals surface area (Å²) in [6.07, 6.45) is 2.46. The highest BCUT2D eigenvalue weighted by Crippen LogP contribution is 2.32. The van der Waals surface area contributed by atoms with Crippen LogP contribution in [0, 0.1) is 10.1 Å². The van der Waals surface area contributed by atoms with E-state index in [1.54, 1.807) is 22.8 Å². The number of non-ortho nitro benzene ring substituents is 1. The number of benzene rings is 2. The molecule has 6 nitrogen and oxygen atoms in total. The van der Waals surface area contributed by atoms with Crippen molar-refractivity contribution in [3.05, 3.63) is 81.6 Å². The van der Waals surface area contributed by atoms with E-state index in [1.165, 1.54) is 12.1 Å². The summed E-state index contributed by atoms with van der Waals surface area (Å²) in [5.41, 5.74) is 5.25. The molecule has 0 aliphatic heterocycles. The van der Waals surface area contributed by atoms with E-state index >= 15 is 0 Å². The number of nitro groups is 1. The second-order valence-electron chi connectivity index (χ2n) is 6.06. The summed E-state index contributed by atoms with van der Waals surface area (Å²) < 4.78 is 1.79. The molecule has 0 N–H and O–H groups in total. The Morgan fingerprint density at radius 3 is 2.56 bits per heavy atom. The van der Waals surface area contributed by atoms with Gasteiger partial charge in [-0.15, -0.1) is 0 Å². The molecule has 4 aromatic rings. The van der Waals surface area contributed by atoms with Gasteiger partial charge < -0.3 is 0 Å². The highest BCUT2D eigenvalue weighted by atomic mass is 35.5. The highest BCUT2D eigenvalue weighted by molar-refractivity contribution is 6.30. The van der Waals surface area contributed by atoms with E-state index in [9.17, 15) is 10.1 Å². The van der Waals surface area contributed by atoms with Crippen molar-refractivity contribution < 1.29 is 4.92 Å². The Morgan fingerprint density at radius 1 is 1.11 bits per heavy atom. The van der Waals surface area contributed by atoms with Crippen LogP contribution in [0.2, 0.25) is 5.02 Å². The first-order chi connectivity index (χ1) is 13.1. The van der Waals surface area contributed by atoms with E-state index in [2.05, 4.69) is 4.98 Å². The molecule has 0 unspecified atom stereocenters. The number of nitro benzene ring substituents is 1. The van der Waals surface area contributed by atoms with Gasteiger partial charge in [0, 0.05) is 34.5 Å². The third kappa shape index (κ3) is 3.04. The van der Waals surface area contributed by atoms with Crippen LogP contribution >= 0.6 is 11.6 Å². The summed E-state index contributed by atoms with van der Waals surface area (Å²) in [6, 6.07) is 15.9. The van der Waals surface area contributed by atoms with E-state index in [0.717, 1.165) is 40.1 Å². The maximum Gasteiger partial charge on any atom is 0.269 e. The van der Waals surface area contributed by atoms with Crippen molar-refractivity contribution >= 4 is 22.9 Å². The molecule has 0 aliphatic carbocycles. The molecule has 0 saturated carbocycles. The monoisotopic (exact) mass is 378 g/mol. The van der Waals surface area contributed by atoms with E-state index in [-0.39, 0.29) is 5.69 Å². The predicted octanol–water partition coefficient (Wildman–Crippen LogP) is 5.19. The molecule has 0 saturated heterocycles. The molecule has 2 aromatic heterocycles. The summed E-state index contributed by atoms with van der Waals surface area (Å²) in [6.45, 7) is 2.04. The molecule has 2 heterocycles. The molecule has 0 aliphatic rings. The first-order valence-corrected chi connectivity index (χ1v) is 8.83. The lowest BCUT2D eigenvalue weighted by molar-refractivity contribution is -0.384. The lowest BCUT2D eigenvalue weighted by Crippen LogP contribution is -1.96. The average Bonchev–Trinajstić information content (AvgIpc) is 3.06. The van der Waals surface area contributed by atoms with Crippen LogP contribution in [0.5, 0.6) is 0 Å². The SMILES string of the molecule is CCc1nn2c(-c3ccc([N+](=O)[O-])cc3)ccnc2c1-c1cccc(Cl)c1. The first-order valence-electron chi connectivity index (χ1n) is 8.46. The molecular formula is C20H15ClN4O2. The number of hydrogen-bond donors (Lipinski definition) is 0. The van der Waals surface area contributed by atoms with E-state index < -0.39 is 4.92 Å². The van der Waals surface area contributed by atoms with Crippen molar-refractivity contribution in [2.45, 2.75) is 13.3 Å². The second kappa shape index (κ2) is 6.81. The maximum absolute atomic E-state index is 10.9. The molecule has 0 bridgehead atoms. The topological polar surface area (TPSA) is 73.3 Å². The fourth-order valence-electron chi connectivity index (χ4n) is 3.15. The van der Waals surface area contributed by atoms with Crippen molar-refractivity contribution in [3.8, 4) is 22.4 Å². The molecular weight excluding hydrogens is 364 g/mol. The summed E-state index contributed by atoms with van der Waals surface area (Å²) in [4.78, 5) is 15.0. The Morgan fingerprint density at radius 2 is 1.89 bits per heavy atom. The summed E-state index contributed by atoms with van der Waals surface area (Å²) in [5, 5.41) is 16.3. The van der Waals surface area contributed by atoms with Crippen LogP contribution in [0.15, 0.2) is 60.8 Å². The van der Waals surface area contributed by atoms with Crippen LogP contribution in [0.25, 0.3) is 28.0 Å².